The molecule has 0 N–H and O–H groups in total. The quantitative estimate of drug-likeness (QED) is 0.851. The van der Waals surface area contributed by atoms with Crippen molar-refractivity contribution in [2.24, 2.45) is 0 Å². The summed E-state index contributed by atoms with van der Waals surface area (Å²) in [6.45, 7) is 1.35. The van der Waals surface area contributed by atoms with Gasteiger partial charge in [-0.15, -0.1) is 0 Å². The van der Waals surface area contributed by atoms with Crippen LogP contribution in [0, 0.1) is 5.82 Å². The van der Waals surface area contributed by atoms with E-state index in [-0.39, 0.29) is 11.9 Å². The molecule has 3 rings (SSSR count). The van der Waals surface area contributed by atoms with Gasteiger partial charge in [0, 0.05) is 31.6 Å². The smallest absolute Gasteiger partial charge is 0.211 e. The van der Waals surface area contributed by atoms with Gasteiger partial charge in [0.05, 0.1) is 11.8 Å². The molecule has 23 heavy (non-hydrogen) atoms. The normalized spacial score (nSPS) is 17.1. The Morgan fingerprint density at radius 1 is 1.26 bits per heavy atom. The molecule has 0 radical (unpaired) electrons. The number of anilines is 1. The Balaban J connectivity index is 1.82. The van der Waals surface area contributed by atoms with E-state index in [0.29, 0.717) is 42.7 Å². The van der Waals surface area contributed by atoms with Gasteiger partial charge in [0.25, 0.3) is 0 Å². The molecule has 2 heterocycles. The van der Waals surface area contributed by atoms with E-state index in [2.05, 4.69) is 14.9 Å². The topological polar surface area (TPSA) is 66.4 Å². The Morgan fingerprint density at radius 2 is 1.96 bits per heavy atom. The SMILES string of the molecule is CN(C1CCN(c2ncnc3ccc(F)cc23)CC1)S(C)(=O)=O. The molecule has 124 valence electrons. The zero-order valence-electron chi connectivity index (χ0n) is 13.1. The molecule has 1 fully saturated rings. The van der Waals surface area contributed by atoms with Gasteiger partial charge in [0.15, 0.2) is 0 Å². The fraction of sp³-hybridized carbons (Fsp3) is 0.467. The van der Waals surface area contributed by atoms with Crippen LogP contribution in [0.3, 0.4) is 0 Å². The molecule has 6 nitrogen and oxygen atoms in total. The highest BCUT2D eigenvalue weighted by Gasteiger charge is 2.28. The van der Waals surface area contributed by atoms with E-state index in [4.69, 9.17) is 0 Å². The second-order valence-corrected chi connectivity index (χ2v) is 7.90. The number of benzene rings is 1. The molecule has 1 saturated heterocycles. The summed E-state index contributed by atoms with van der Waals surface area (Å²) >= 11 is 0. The van der Waals surface area contributed by atoms with Crippen molar-refractivity contribution >= 4 is 26.7 Å². The van der Waals surface area contributed by atoms with E-state index < -0.39 is 10.0 Å². The zero-order chi connectivity index (χ0) is 16.6. The molecular formula is C15H19FN4O2S. The van der Waals surface area contributed by atoms with E-state index in [1.165, 1.54) is 29.0 Å². The van der Waals surface area contributed by atoms with Crippen LogP contribution >= 0.6 is 0 Å². The van der Waals surface area contributed by atoms with Crippen LogP contribution in [0.25, 0.3) is 10.9 Å². The first-order valence-electron chi connectivity index (χ1n) is 7.44. The summed E-state index contributed by atoms with van der Waals surface area (Å²) in [7, 11) is -1.57. The number of sulfonamides is 1. The number of hydrogen-bond donors (Lipinski definition) is 0. The lowest BCUT2D eigenvalue weighted by atomic mass is 10.0. The summed E-state index contributed by atoms with van der Waals surface area (Å²) < 4.78 is 38.3. The molecule has 2 aromatic rings. The first kappa shape index (κ1) is 16.1. The van der Waals surface area contributed by atoms with Crippen LogP contribution in [0.15, 0.2) is 24.5 Å². The number of piperidine rings is 1. The average Bonchev–Trinajstić information content (AvgIpc) is 2.53. The Labute approximate surface area is 135 Å². The summed E-state index contributed by atoms with van der Waals surface area (Å²) in [5, 5.41) is 0.683. The van der Waals surface area contributed by atoms with Gasteiger partial charge in [0.1, 0.15) is 18.0 Å². The van der Waals surface area contributed by atoms with Crippen LogP contribution in [0.5, 0.6) is 0 Å². The van der Waals surface area contributed by atoms with Crippen molar-refractivity contribution in [3.8, 4) is 0 Å². The van der Waals surface area contributed by atoms with Crippen molar-refractivity contribution in [1.29, 1.82) is 0 Å². The van der Waals surface area contributed by atoms with E-state index in [0.717, 1.165) is 0 Å². The lowest BCUT2D eigenvalue weighted by Gasteiger charge is -2.36. The molecule has 8 heteroatoms. The van der Waals surface area contributed by atoms with E-state index in [1.54, 1.807) is 13.1 Å². The van der Waals surface area contributed by atoms with Crippen LogP contribution in [0.1, 0.15) is 12.8 Å². The number of hydrogen-bond acceptors (Lipinski definition) is 5. The molecule has 0 atom stereocenters. The predicted molar refractivity (Wildman–Crippen MR) is 87.3 cm³/mol. The molecule has 0 aliphatic carbocycles. The van der Waals surface area contributed by atoms with Crippen molar-refractivity contribution < 1.29 is 12.8 Å². The van der Waals surface area contributed by atoms with E-state index >= 15 is 0 Å². The first-order chi connectivity index (χ1) is 10.9. The number of aromatic nitrogens is 2. The molecule has 0 spiro atoms. The van der Waals surface area contributed by atoms with Crippen LogP contribution in [0.2, 0.25) is 0 Å². The number of fused-ring (bicyclic) bond motifs is 1. The van der Waals surface area contributed by atoms with Gasteiger partial charge in [-0.05, 0) is 31.0 Å². The fourth-order valence-electron chi connectivity index (χ4n) is 2.98. The number of halogens is 1. The second-order valence-electron chi connectivity index (χ2n) is 5.86. The van der Waals surface area contributed by atoms with Crippen LogP contribution in [-0.2, 0) is 10.0 Å². The van der Waals surface area contributed by atoms with Crippen LogP contribution in [-0.4, -0.2) is 55.1 Å². The number of nitrogens with zero attached hydrogens (tertiary/aromatic N) is 4. The number of rotatable bonds is 3. The van der Waals surface area contributed by atoms with Gasteiger partial charge in [0.2, 0.25) is 10.0 Å². The Hall–Kier alpha value is -1.80. The third kappa shape index (κ3) is 3.28. The highest BCUT2D eigenvalue weighted by atomic mass is 32.2. The third-order valence-corrected chi connectivity index (χ3v) is 5.72. The van der Waals surface area contributed by atoms with Crippen LogP contribution < -0.4 is 4.90 Å². The molecule has 0 amide bonds. The van der Waals surface area contributed by atoms with Crippen molar-refractivity contribution in [3.05, 3.63) is 30.3 Å². The summed E-state index contributed by atoms with van der Waals surface area (Å²) in [5.41, 5.74) is 0.701. The third-order valence-electron chi connectivity index (χ3n) is 4.38. The summed E-state index contributed by atoms with van der Waals surface area (Å²) in [5.74, 6) is 0.384. The Morgan fingerprint density at radius 3 is 2.61 bits per heavy atom. The minimum atomic E-state index is -3.19. The maximum Gasteiger partial charge on any atom is 0.211 e. The standard InChI is InChI=1S/C15H19FN4O2S/c1-19(23(2,21)22)12-5-7-20(8-6-12)15-13-9-11(16)3-4-14(13)17-10-18-15/h3-4,9-10,12H,5-8H2,1-2H3. The molecule has 0 unspecified atom stereocenters. The van der Waals surface area contributed by atoms with Gasteiger partial charge in [-0.2, -0.15) is 0 Å². The molecule has 0 saturated carbocycles. The Kier molecular flexibility index (Phi) is 4.20. The molecule has 0 bridgehead atoms. The molecule has 1 aliphatic heterocycles. The van der Waals surface area contributed by atoms with Crippen molar-refractivity contribution in [2.75, 3.05) is 31.3 Å². The van der Waals surface area contributed by atoms with E-state index in [9.17, 15) is 12.8 Å². The summed E-state index contributed by atoms with van der Waals surface area (Å²) in [6, 6.07) is 4.46. The minimum absolute atomic E-state index is 0.00825. The lowest BCUT2D eigenvalue weighted by molar-refractivity contribution is 0.313. The van der Waals surface area contributed by atoms with E-state index in [1.807, 2.05) is 0 Å². The molecule has 1 aliphatic rings. The second kappa shape index (κ2) is 6.01. The maximum absolute atomic E-state index is 13.5. The van der Waals surface area contributed by atoms with Crippen molar-refractivity contribution in [1.82, 2.24) is 14.3 Å². The first-order valence-corrected chi connectivity index (χ1v) is 9.29. The Bertz CT molecular complexity index is 819. The lowest BCUT2D eigenvalue weighted by Crippen LogP contribution is -2.45. The largest absolute Gasteiger partial charge is 0.356 e. The highest BCUT2D eigenvalue weighted by Crippen LogP contribution is 2.27. The molecule has 1 aromatic heterocycles. The average molecular weight is 338 g/mol. The zero-order valence-corrected chi connectivity index (χ0v) is 13.9. The van der Waals surface area contributed by atoms with Gasteiger partial charge >= 0.3 is 0 Å². The minimum Gasteiger partial charge on any atom is -0.356 e. The van der Waals surface area contributed by atoms with Gasteiger partial charge in [-0.1, -0.05) is 0 Å². The highest BCUT2D eigenvalue weighted by molar-refractivity contribution is 7.88. The molecular weight excluding hydrogens is 319 g/mol. The predicted octanol–water partition coefficient (Wildman–Crippen LogP) is 1.63. The fourth-order valence-corrected chi connectivity index (χ4v) is 3.73. The monoisotopic (exact) mass is 338 g/mol. The van der Waals surface area contributed by atoms with Gasteiger partial charge in [-0.25, -0.2) is 27.1 Å². The van der Waals surface area contributed by atoms with Crippen molar-refractivity contribution in [3.63, 3.8) is 0 Å². The molecule has 1 aromatic carbocycles. The van der Waals surface area contributed by atoms with Gasteiger partial charge in [-0.3, -0.25) is 0 Å². The summed E-state index contributed by atoms with van der Waals surface area (Å²) in [6.07, 6.45) is 4.12. The van der Waals surface area contributed by atoms with Crippen LogP contribution in [0.4, 0.5) is 10.2 Å². The van der Waals surface area contributed by atoms with Gasteiger partial charge < -0.3 is 4.90 Å². The van der Waals surface area contributed by atoms with Crippen molar-refractivity contribution in [2.45, 2.75) is 18.9 Å². The summed E-state index contributed by atoms with van der Waals surface area (Å²) in [4.78, 5) is 10.5. The maximum atomic E-state index is 13.5.